The molecular weight excluding hydrogens is 240 g/mol. The first kappa shape index (κ1) is 13.9. The van der Waals surface area contributed by atoms with Crippen LogP contribution in [0.5, 0.6) is 0 Å². The molecule has 3 N–H and O–H groups in total. The molecule has 1 aliphatic carbocycles. The molecule has 0 heterocycles. The standard InChI is InChI=1S/C15H22N2O2/c1-14(2,3)19-13(18)17-15(9-12(16)10-15)11-7-5-4-6-8-11/h4-8,12H,9-10,16H2,1-3H3,(H,17,18). The molecule has 0 saturated heterocycles. The van der Waals surface area contributed by atoms with Crippen LogP contribution in [0.1, 0.15) is 39.2 Å². The van der Waals surface area contributed by atoms with E-state index in [9.17, 15) is 4.79 Å². The number of amides is 1. The number of hydrogen-bond acceptors (Lipinski definition) is 3. The van der Waals surface area contributed by atoms with Crippen molar-refractivity contribution in [3.05, 3.63) is 35.9 Å². The van der Waals surface area contributed by atoms with Crippen LogP contribution in [0.25, 0.3) is 0 Å². The highest BCUT2D eigenvalue weighted by atomic mass is 16.6. The predicted octanol–water partition coefficient (Wildman–Crippen LogP) is 2.53. The number of carbonyl (C=O) groups excluding carboxylic acids is 1. The highest BCUT2D eigenvalue weighted by molar-refractivity contribution is 5.69. The molecule has 2 rings (SSSR count). The summed E-state index contributed by atoms with van der Waals surface area (Å²) in [7, 11) is 0. The third-order valence-corrected chi connectivity index (χ3v) is 3.29. The van der Waals surface area contributed by atoms with Crippen LogP contribution in [0.2, 0.25) is 0 Å². The van der Waals surface area contributed by atoms with Crippen molar-refractivity contribution in [2.24, 2.45) is 5.73 Å². The van der Waals surface area contributed by atoms with E-state index in [2.05, 4.69) is 5.32 Å². The summed E-state index contributed by atoms with van der Waals surface area (Å²) >= 11 is 0. The zero-order valence-electron chi connectivity index (χ0n) is 11.8. The van der Waals surface area contributed by atoms with Crippen LogP contribution >= 0.6 is 0 Å². The van der Waals surface area contributed by atoms with Crippen molar-refractivity contribution in [2.75, 3.05) is 0 Å². The van der Waals surface area contributed by atoms with Crippen LogP contribution in [-0.2, 0) is 10.3 Å². The lowest BCUT2D eigenvalue weighted by Crippen LogP contribution is -2.59. The Morgan fingerprint density at radius 1 is 1.32 bits per heavy atom. The molecule has 0 aliphatic heterocycles. The van der Waals surface area contributed by atoms with Crippen molar-refractivity contribution in [3.8, 4) is 0 Å². The Balaban J connectivity index is 2.12. The molecule has 1 aliphatic rings. The molecule has 0 aromatic heterocycles. The van der Waals surface area contributed by atoms with Gasteiger partial charge in [0.15, 0.2) is 0 Å². The third-order valence-electron chi connectivity index (χ3n) is 3.29. The summed E-state index contributed by atoms with van der Waals surface area (Å²) in [6.07, 6.45) is 1.11. The van der Waals surface area contributed by atoms with Crippen LogP contribution in [-0.4, -0.2) is 17.7 Å². The smallest absolute Gasteiger partial charge is 0.408 e. The van der Waals surface area contributed by atoms with E-state index in [-0.39, 0.29) is 17.7 Å². The number of rotatable bonds is 2. The van der Waals surface area contributed by atoms with Crippen molar-refractivity contribution in [1.82, 2.24) is 5.32 Å². The molecule has 1 aromatic carbocycles. The number of alkyl carbamates (subject to hydrolysis) is 1. The average molecular weight is 262 g/mol. The van der Waals surface area contributed by atoms with Crippen molar-refractivity contribution < 1.29 is 9.53 Å². The van der Waals surface area contributed by atoms with Gasteiger partial charge in [-0.25, -0.2) is 4.79 Å². The van der Waals surface area contributed by atoms with Gasteiger partial charge in [-0.1, -0.05) is 30.3 Å². The van der Waals surface area contributed by atoms with Gasteiger partial charge in [0.05, 0.1) is 5.54 Å². The highest BCUT2D eigenvalue weighted by Crippen LogP contribution is 2.40. The van der Waals surface area contributed by atoms with E-state index in [1.54, 1.807) is 0 Å². The summed E-state index contributed by atoms with van der Waals surface area (Å²) in [5.74, 6) is 0. The minimum Gasteiger partial charge on any atom is -0.444 e. The number of hydrogen-bond donors (Lipinski definition) is 2. The minimum absolute atomic E-state index is 0.134. The predicted molar refractivity (Wildman–Crippen MR) is 74.7 cm³/mol. The van der Waals surface area contributed by atoms with Gasteiger partial charge in [-0.15, -0.1) is 0 Å². The fraction of sp³-hybridized carbons (Fsp3) is 0.533. The molecule has 4 nitrogen and oxygen atoms in total. The number of ether oxygens (including phenoxy) is 1. The van der Waals surface area contributed by atoms with Gasteiger partial charge in [0, 0.05) is 6.04 Å². The van der Waals surface area contributed by atoms with E-state index in [0.29, 0.717) is 0 Å². The largest absolute Gasteiger partial charge is 0.444 e. The highest BCUT2D eigenvalue weighted by Gasteiger charge is 2.45. The second-order valence-corrected chi connectivity index (χ2v) is 6.24. The Bertz CT molecular complexity index is 445. The molecule has 1 aromatic rings. The van der Waals surface area contributed by atoms with Gasteiger partial charge in [0.2, 0.25) is 0 Å². The van der Waals surface area contributed by atoms with Crippen LogP contribution in [0, 0.1) is 0 Å². The summed E-state index contributed by atoms with van der Waals surface area (Å²) in [6.45, 7) is 5.57. The molecule has 104 valence electrons. The lowest BCUT2D eigenvalue weighted by Gasteiger charge is -2.47. The number of nitrogens with two attached hydrogens (primary N) is 1. The Hall–Kier alpha value is -1.55. The Morgan fingerprint density at radius 3 is 2.37 bits per heavy atom. The third kappa shape index (κ3) is 3.26. The summed E-state index contributed by atoms with van der Waals surface area (Å²) in [6, 6.07) is 10.1. The number of benzene rings is 1. The molecule has 0 spiro atoms. The summed E-state index contributed by atoms with van der Waals surface area (Å²) < 4.78 is 5.33. The molecule has 1 fully saturated rings. The second kappa shape index (κ2) is 4.85. The van der Waals surface area contributed by atoms with Crippen molar-refractivity contribution >= 4 is 6.09 Å². The fourth-order valence-electron chi connectivity index (χ4n) is 2.50. The van der Waals surface area contributed by atoms with Crippen LogP contribution in [0.3, 0.4) is 0 Å². The first-order chi connectivity index (χ1) is 8.81. The van der Waals surface area contributed by atoms with Crippen LogP contribution < -0.4 is 11.1 Å². The molecule has 4 heteroatoms. The van der Waals surface area contributed by atoms with Crippen LogP contribution in [0.15, 0.2) is 30.3 Å². The fourth-order valence-corrected chi connectivity index (χ4v) is 2.50. The molecular formula is C15H22N2O2. The van der Waals surface area contributed by atoms with Gasteiger partial charge in [0.25, 0.3) is 0 Å². The van der Waals surface area contributed by atoms with Gasteiger partial charge in [-0.3, -0.25) is 0 Å². The maximum atomic E-state index is 12.0. The van der Waals surface area contributed by atoms with Gasteiger partial charge >= 0.3 is 6.09 Å². The van der Waals surface area contributed by atoms with E-state index in [4.69, 9.17) is 10.5 Å². The Kier molecular flexibility index (Phi) is 3.54. The van der Waals surface area contributed by atoms with E-state index in [1.165, 1.54) is 0 Å². The lowest BCUT2D eigenvalue weighted by atomic mass is 9.69. The van der Waals surface area contributed by atoms with Crippen molar-refractivity contribution in [1.29, 1.82) is 0 Å². The zero-order valence-corrected chi connectivity index (χ0v) is 11.8. The quantitative estimate of drug-likeness (QED) is 0.860. The molecule has 1 saturated carbocycles. The van der Waals surface area contributed by atoms with E-state index >= 15 is 0 Å². The first-order valence-electron chi connectivity index (χ1n) is 6.63. The SMILES string of the molecule is CC(C)(C)OC(=O)NC1(c2ccccc2)CC(N)C1. The average Bonchev–Trinajstić information content (AvgIpc) is 2.25. The summed E-state index contributed by atoms with van der Waals surface area (Å²) in [5, 5.41) is 2.99. The minimum atomic E-state index is -0.492. The van der Waals surface area contributed by atoms with Gasteiger partial charge in [-0.2, -0.15) is 0 Å². The Morgan fingerprint density at radius 2 is 1.89 bits per heavy atom. The monoisotopic (exact) mass is 262 g/mol. The molecule has 0 radical (unpaired) electrons. The van der Waals surface area contributed by atoms with Crippen molar-refractivity contribution in [2.45, 2.75) is 50.8 Å². The zero-order chi connectivity index (χ0) is 14.1. The maximum Gasteiger partial charge on any atom is 0.408 e. The number of nitrogens with one attached hydrogen (secondary N) is 1. The topological polar surface area (TPSA) is 64.3 Å². The summed E-state index contributed by atoms with van der Waals surface area (Å²) in [4.78, 5) is 12.0. The summed E-state index contributed by atoms with van der Waals surface area (Å²) in [5.41, 5.74) is 6.12. The van der Waals surface area contributed by atoms with Crippen molar-refractivity contribution in [3.63, 3.8) is 0 Å². The van der Waals surface area contributed by atoms with E-state index < -0.39 is 5.60 Å². The number of carbonyl (C=O) groups is 1. The molecule has 1 amide bonds. The lowest BCUT2D eigenvalue weighted by molar-refractivity contribution is 0.0352. The molecule has 0 bridgehead atoms. The molecule has 0 unspecified atom stereocenters. The van der Waals surface area contributed by atoms with Gasteiger partial charge in [-0.05, 0) is 39.2 Å². The van der Waals surface area contributed by atoms with E-state index in [1.807, 2.05) is 51.1 Å². The molecule has 0 atom stereocenters. The van der Waals surface area contributed by atoms with Gasteiger partial charge < -0.3 is 15.8 Å². The normalized spacial score (nSPS) is 26.4. The van der Waals surface area contributed by atoms with Crippen LogP contribution in [0.4, 0.5) is 4.79 Å². The van der Waals surface area contributed by atoms with E-state index in [0.717, 1.165) is 18.4 Å². The van der Waals surface area contributed by atoms with Gasteiger partial charge in [0.1, 0.15) is 5.60 Å². The second-order valence-electron chi connectivity index (χ2n) is 6.24. The Labute approximate surface area is 114 Å². The first-order valence-corrected chi connectivity index (χ1v) is 6.63. The maximum absolute atomic E-state index is 12.0. The molecule has 19 heavy (non-hydrogen) atoms.